The van der Waals surface area contributed by atoms with Gasteiger partial charge in [-0.05, 0) is 43.4 Å². The van der Waals surface area contributed by atoms with E-state index in [4.69, 9.17) is 5.21 Å². The first-order valence-corrected chi connectivity index (χ1v) is 10.9. The van der Waals surface area contributed by atoms with Crippen molar-refractivity contribution in [2.45, 2.75) is 44.4 Å². The second kappa shape index (κ2) is 8.23. The maximum Gasteiger partial charge on any atom is 0.293 e. The van der Waals surface area contributed by atoms with Crippen LogP contribution in [0.1, 0.15) is 47.3 Å². The normalized spacial score (nSPS) is 17.7. The van der Waals surface area contributed by atoms with Crippen molar-refractivity contribution in [1.29, 1.82) is 0 Å². The number of hydrogen-bond donors (Lipinski definition) is 3. The molecule has 1 aromatic carbocycles. The Morgan fingerprint density at radius 1 is 1.16 bits per heavy atom. The molecule has 2 aliphatic heterocycles. The number of carbonyl (C=O) groups is 1. The third kappa shape index (κ3) is 3.66. The van der Waals surface area contributed by atoms with E-state index < -0.39 is 17.5 Å². The average Bonchev–Trinajstić information content (AvgIpc) is 3.46. The molecule has 0 unspecified atom stereocenters. The van der Waals surface area contributed by atoms with Crippen molar-refractivity contribution in [1.82, 2.24) is 25.2 Å². The first kappa shape index (κ1) is 21.0. The van der Waals surface area contributed by atoms with E-state index in [-0.39, 0.29) is 17.9 Å². The van der Waals surface area contributed by atoms with Crippen LogP contribution < -0.4 is 10.8 Å². The zero-order valence-corrected chi connectivity index (χ0v) is 17.6. The fraction of sp³-hybridized carbons (Fsp3) is 0.391. The molecule has 0 radical (unpaired) electrons. The number of amides is 1. The van der Waals surface area contributed by atoms with Crippen molar-refractivity contribution in [3.8, 4) is 0 Å². The average molecular weight is 441 g/mol. The predicted molar refractivity (Wildman–Crippen MR) is 114 cm³/mol. The van der Waals surface area contributed by atoms with Gasteiger partial charge in [0.05, 0.1) is 23.9 Å². The van der Waals surface area contributed by atoms with E-state index in [1.165, 1.54) is 25.0 Å². The van der Waals surface area contributed by atoms with Crippen molar-refractivity contribution in [3.05, 3.63) is 65.1 Å². The van der Waals surface area contributed by atoms with Crippen molar-refractivity contribution in [2.24, 2.45) is 0 Å². The van der Waals surface area contributed by atoms with Crippen LogP contribution in [0.4, 0.5) is 8.78 Å². The van der Waals surface area contributed by atoms with E-state index in [9.17, 15) is 13.6 Å². The van der Waals surface area contributed by atoms with E-state index in [2.05, 4.69) is 15.2 Å². The van der Waals surface area contributed by atoms with Gasteiger partial charge in [-0.3, -0.25) is 20.2 Å². The molecule has 9 heteroatoms. The molecule has 0 saturated carbocycles. The van der Waals surface area contributed by atoms with Crippen LogP contribution >= 0.6 is 0 Å². The van der Waals surface area contributed by atoms with Crippen LogP contribution in [0.2, 0.25) is 0 Å². The number of hydrogen-bond acceptors (Lipinski definition) is 5. The third-order valence-electron chi connectivity index (χ3n) is 6.79. The highest BCUT2D eigenvalue weighted by Crippen LogP contribution is 2.37. The quantitative estimate of drug-likeness (QED) is 0.404. The fourth-order valence-corrected chi connectivity index (χ4v) is 5.20. The molecule has 0 aliphatic carbocycles. The van der Waals surface area contributed by atoms with Crippen molar-refractivity contribution in [3.63, 3.8) is 0 Å². The Balaban J connectivity index is 1.50. The van der Waals surface area contributed by atoms with Crippen LogP contribution in [0.15, 0.2) is 36.7 Å². The zero-order valence-electron chi connectivity index (χ0n) is 17.6. The molecule has 2 saturated heterocycles. The molecule has 168 valence electrons. The molecule has 1 amide bonds. The number of nitrogens with zero attached hydrogens (tertiary/aromatic N) is 3. The van der Waals surface area contributed by atoms with Gasteiger partial charge in [-0.25, -0.2) is 19.2 Å². The lowest BCUT2D eigenvalue weighted by Gasteiger charge is -2.33. The van der Waals surface area contributed by atoms with E-state index in [1.807, 2.05) is 10.8 Å². The summed E-state index contributed by atoms with van der Waals surface area (Å²) in [6.45, 7) is 2.98. The van der Waals surface area contributed by atoms with E-state index in [0.29, 0.717) is 12.1 Å². The van der Waals surface area contributed by atoms with Crippen LogP contribution in [-0.2, 0) is 13.1 Å². The van der Waals surface area contributed by atoms with Gasteiger partial charge in [0.15, 0.2) is 0 Å². The lowest BCUT2D eigenvalue weighted by atomic mass is 10.0. The number of pyridine rings is 1. The number of benzene rings is 1. The second-order valence-corrected chi connectivity index (χ2v) is 8.62. The van der Waals surface area contributed by atoms with Gasteiger partial charge in [0.2, 0.25) is 0 Å². The first-order chi connectivity index (χ1) is 15.5. The highest BCUT2D eigenvalue weighted by Gasteiger charge is 2.43. The van der Waals surface area contributed by atoms with Crippen LogP contribution in [0.3, 0.4) is 0 Å². The topological polar surface area (TPSA) is 82.4 Å². The Morgan fingerprint density at radius 2 is 1.94 bits per heavy atom. The Morgan fingerprint density at radius 3 is 2.66 bits per heavy atom. The minimum absolute atomic E-state index is 0.00974. The Labute approximate surface area is 184 Å². The molecular weight excluding hydrogens is 416 g/mol. The van der Waals surface area contributed by atoms with Crippen LogP contribution in [0, 0.1) is 11.6 Å². The molecule has 3 N–H and O–H groups in total. The summed E-state index contributed by atoms with van der Waals surface area (Å²) in [5, 5.41) is 13.5. The maximum atomic E-state index is 14.3. The van der Waals surface area contributed by atoms with E-state index in [1.54, 1.807) is 17.7 Å². The van der Waals surface area contributed by atoms with Gasteiger partial charge in [-0.2, -0.15) is 0 Å². The van der Waals surface area contributed by atoms with Crippen molar-refractivity contribution < 1.29 is 18.8 Å². The first-order valence-electron chi connectivity index (χ1n) is 10.9. The lowest BCUT2D eigenvalue weighted by Crippen LogP contribution is -2.50. The third-order valence-corrected chi connectivity index (χ3v) is 6.79. The van der Waals surface area contributed by atoms with Crippen molar-refractivity contribution in [2.75, 3.05) is 13.1 Å². The minimum Gasteiger partial charge on any atom is -0.341 e. The van der Waals surface area contributed by atoms with Gasteiger partial charge in [-0.1, -0.05) is 6.07 Å². The highest BCUT2D eigenvalue weighted by molar-refractivity contribution is 5.96. The number of hydroxylamine groups is 1. The van der Waals surface area contributed by atoms with Crippen molar-refractivity contribution >= 4 is 16.8 Å². The fourth-order valence-electron chi connectivity index (χ4n) is 5.20. The Kier molecular flexibility index (Phi) is 5.40. The molecule has 0 bridgehead atoms. The molecular formula is C23H25F2N5O2. The molecule has 3 aromatic rings. The molecule has 7 nitrogen and oxygen atoms in total. The number of aromatic nitrogens is 2. The zero-order chi connectivity index (χ0) is 22.3. The monoisotopic (exact) mass is 441 g/mol. The Bertz CT molecular complexity index is 1170. The predicted octanol–water partition coefficient (Wildman–Crippen LogP) is 3.16. The summed E-state index contributed by atoms with van der Waals surface area (Å²) >= 11 is 0. The van der Waals surface area contributed by atoms with Gasteiger partial charge >= 0.3 is 0 Å². The maximum absolute atomic E-state index is 14.3. The van der Waals surface area contributed by atoms with Gasteiger partial charge in [0.25, 0.3) is 5.91 Å². The molecule has 5 rings (SSSR count). The summed E-state index contributed by atoms with van der Waals surface area (Å²) in [6, 6.07) is 5.18. The lowest BCUT2D eigenvalue weighted by molar-refractivity contribution is 0.0701. The van der Waals surface area contributed by atoms with Gasteiger partial charge in [0.1, 0.15) is 17.3 Å². The summed E-state index contributed by atoms with van der Waals surface area (Å²) in [5.74, 6) is -1.92. The van der Waals surface area contributed by atoms with E-state index >= 15 is 0 Å². The van der Waals surface area contributed by atoms with Gasteiger partial charge < -0.3 is 4.57 Å². The molecule has 2 aliphatic rings. The second-order valence-electron chi connectivity index (χ2n) is 8.62. The summed E-state index contributed by atoms with van der Waals surface area (Å²) < 4.78 is 29.5. The minimum atomic E-state index is -0.695. The summed E-state index contributed by atoms with van der Waals surface area (Å²) in [5.41, 5.74) is 3.75. The molecule has 4 heterocycles. The molecule has 32 heavy (non-hydrogen) atoms. The Hall–Kier alpha value is -2.88. The summed E-state index contributed by atoms with van der Waals surface area (Å²) in [6.07, 6.45) is 8.01. The number of fused-ring (bicyclic) bond motifs is 2. The molecule has 0 spiro atoms. The smallest absolute Gasteiger partial charge is 0.293 e. The van der Waals surface area contributed by atoms with Crippen LogP contribution in [0.5, 0.6) is 0 Å². The number of carbonyl (C=O) groups excluding carboxylic acids is 1. The molecule has 2 aromatic heterocycles. The van der Waals surface area contributed by atoms with Crippen LogP contribution in [0.25, 0.3) is 10.9 Å². The SMILES string of the molecule is O=C(NO)c1cc2c(CNC34CCCN3CCC4)cn(Cc3ccc(F)cc3F)c2cn1. The molecule has 2 fully saturated rings. The van der Waals surface area contributed by atoms with Gasteiger partial charge in [-0.15, -0.1) is 0 Å². The van der Waals surface area contributed by atoms with Gasteiger partial charge in [0, 0.05) is 42.8 Å². The van der Waals surface area contributed by atoms with E-state index in [0.717, 1.165) is 48.5 Å². The number of nitrogens with one attached hydrogen (secondary N) is 2. The number of rotatable bonds is 6. The number of halogens is 2. The largest absolute Gasteiger partial charge is 0.341 e. The molecule has 0 atom stereocenters. The highest BCUT2D eigenvalue weighted by atomic mass is 19.1. The standard InChI is InChI=1S/C23H25F2N5O2/c24-17-4-3-15(19(25)9-17)13-29-14-16(11-27-23-5-1-7-30(23)8-2-6-23)18-10-20(22(31)28-32)26-12-21(18)29/h3-4,9-10,12,14,27,32H,1-2,5-8,11,13H2,(H,28,31). The summed E-state index contributed by atoms with van der Waals surface area (Å²) in [7, 11) is 0. The van der Waals surface area contributed by atoms with Crippen LogP contribution in [-0.4, -0.2) is 44.3 Å². The summed E-state index contributed by atoms with van der Waals surface area (Å²) in [4.78, 5) is 18.6.